The molecular formula is C15H23N3. The highest BCUT2D eigenvalue weighted by Crippen LogP contribution is 2.26. The molecule has 2 rings (SSSR count). The van der Waals surface area contributed by atoms with E-state index in [1.807, 2.05) is 6.07 Å². The molecule has 0 aliphatic rings. The van der Waals surface area contributed by atoms with Crippen molar-refractivity contribution in [1.29, 1.82) is 0 Å². The zero-order valence-corrected chi connectivity index (χ0v) is 11.6. The van der Waals surface area contributed by atoms with E-state index in [1.54, 1.807) is 0 Å². The highest BCUT2D eigenvalue weighted by molar-refractivity contribution is 5.75. The van der Waals surface area contributed by atoms with Gasteiger partial charge in [-0.3, -0.25) is 0 Å². The molecule has 0 aliphatic carbocycles. The van der Waals surface area contributed by atoms with Crippen LogP contribution in [0.25, 0.3) is 11.0 Å². The number of benzene rings is 1. The summed E-state index contributed by atoms with van der Waals surface area (Å²) in [6.07, 6.45) is 3.20. The average molecular weight is 245 g/mol. The van der Waals surface area contributed by atoms with E-state index in [0.29, 0.717) is 5.41 Å². The second-order valence-electron chi connectivity index (χ2n) is 5.78. The summed E-state index contributed by atoms with van der Waals surface area (Å²) in [6, 6.07) is 8.30. The first-order valence-electron chi connectivity index (χ1n) is 6.64. The van der Waals surface area contributed by atoms with Gasteiger partial charge >= 0.3 is 0 Å². The van der Waals surface area contributed by atoms with Crippen LogP contribution in [-0.4, -0.2) is 16.1 Å². The molecule has 0 atom stereocenters. The number of nitrogens with zero attached hydrogens (tertiary/aromatic N) is 2. The molecule has 0 aliphatic heterocycles. The van der Waals surface area contributed by atoms with Gasteiger partial charge in [0.2, 0.25) is 0 Å². The van der Waals surface area contributed by atoms with Crippen molar-refractivity contribution >= 4 is 11.0 Å². The molecular weight excluding hydrogens is 222 g/mol. The largest absolute Gasteiger partial charge is 0.331 e. The number of aromatic nitrogens is 2. The Bertz CT molecular complexity index is 526. The Hall–Kier alpha value is -1.35. The van der Waals surface area contributed by atoms with E-state index in [9.17, 15) is 0 Å². The number of hydrogen-bond acceptors (Lipinski definition) is 2. The summed E-state index contributed by atoms with van der Waals surface area (Å²) in [5.74, 6) is 1.17. The van der Waals surface area contributed by atoms with Crippen LogP contribution in [0.5, 0.6) is 0 Å². The summed E-state index contributed by atoms with van der Waals surface area (Å²) in [5.41, 5.74) is 8.25. The normalized spacial score (nSPS) is 12.2. The second kappa shape index (κ2) is 5.11. The molecule has 0 saturated heterocycles. The molecule has 1 aromatic heterocycles. The van der Waals surface area contributed by atoms with Gasteiger partial charge in [-0.25, -0.2) is 4.98 Å². The lowest BCUT2D eigenvalue weighted by Gasteiger charge is -2.23. The van der Waals surface area contributed by atoms with Crippen LogP contribution in [0.4, 0.5) is 0 Å². The van der Waals surface area contributed by atoms with E-state index >= 15 is 0 Å². The lowest BCUT2D eigenvalue weighted by atomic mass is 9.84. The monoisotopic (exact) mass is 245 g/mol. The predicted octanol–water partition coefficient (Wildman–Crippen LogP) is 2.88. The third kappa shape index (κ3) is 2.72. The van der Waals surface area contributed by atoms with Gasteiger partial charge in [0.05, 0.1) is 11.0 Å². The molecule has 0 unspecified atom stereocenters. The zero-order valence-electron chi connectivity index (χ0n) is 11.6. The van der Waals surface area contributed by atoms with E-state index < -0.39 is 0 Å². The molecule has 98 valence electrons. The third-order valence-corrected chi connectivity index (χ3v) is 3.73. The number of aryl methyl sites for hydroxylation is 2. The summed E-state index contributed by atoms with van der Waals surface area (Å²) in [5, 5.41) is 0. The van der Waals surface area contributed by atoms with Gasteiger partial charge in [-0.1, -0.05) is 26.0 Å². The number of fused-ring (bicyclic) bond motifs is 1. The molecule has 0 saturated carbocycles. The summed E-state index contributed by atoms with van der Waals surface area (Å²) in [7, 11) is 2.10. The lowest BCUT2D eigenvalue weighted by molar-refractivity contribution is 0.310. The molecule has 3 heteroatoms. The molecule has 18 heavy (non-hydrogen) atoms. The Morgan fingerprint density at radius 3 is 2.61 bits per heavy atom. The van der Waals surface area contributed by atoms with E-state index in [-0.39, 0.29) is 0 Å². The molecule has 0 spiro atoms. The maximum absolute atomic E-state index is 5.65. The molecule has 2 N–H and O–H groups in total. The van der Waals surface area contributed by atoms with E-state index in [1.165, 1.54) is 11.3 Å². The Balaban J connectivity index is 2.15. The number of rotatable bonds is 5. The summed E-state index contributed by atoms with van der Waals surface area (Å²) in [6.45, 7) is 5.32. The Kier molecular flexibility index (Phi) is 3.71. The van der Waals surface area contributed by atoms with Gasteiger partial charge in [-0.2, -0.15) is 0 Å². The molecule has 0 bridgehead atoms. The van der Waals surface area contributed by atoms with Crippen molar-refractivity contribution in [2.75, 3.05) is 6.54 Å². The maximum Gasteiger partial charge on any atom is 0.109 e. The first-order valence-corrected chi connectivity index (χ1v) is 6.64. The van der Waals surface area contributed by atoms with Crippen LogP contribution >= 0.6 is 0 Å². The minimum absolute atomic E-state index is 0.298. The fourth-order valence-corrected chi connectivity index (χ4v) is 2.38. The van der Waals surface area contributed by atoms with Crippen molar-refractivity contribution in [2.45, 2.75) is 33.1 Å². The highest BCUT2D eigenvalue weighted by Gasteiger charge is 2.18. The van der Waals surface area contributed by atoms with Gasteiger partial charge in [0.25, 0.3) is 0 Å². The minimum atomic E-state index is 0.298. The molecule has 1 heterocycles. The molecule has 2 aromatic rings. The van der Waals surface area contributed by atoms with E-state index in [0.717, 1.165) is 31.3 Å². The molecule has 0 fully saturated rings. The van der Waals surface area contributed by atoms with E-state index in [2.05, 4.69) is 43.7 Å². The molecule has 1 aromatic carbocycles. The van der Waals surface area contributed by atoms with Crippen LogP contribution in [-0.2, 0) is 13.5 Å². The first kappa shape index (κ1) is 13.1. The van der Waals surface area contributed by atoms with Crippen molar-refractivity contribution in [2.24, 2.45) is 18.2 Å². The van der Waals surface area contributed by atoms with Crippen molar-refractivity contribution in [3.05, 3.63) is 30.1 Å². The topological polar surface area (TPSA) is 43.8 Å². The van der Waals surface area contributed by atoms with Crippen molar-refractivity contribution in [3.8, 4) is 0 Å². The number of imidazole rings is 1. The van der Waals surface area contributed by atoms with Gasteiger partial charge in [-0.05, 0) is 36.9 Å². The predicted molar refractivity (Wildman–Crippen MR) is 76.5 cm³/mol. The van der Waals surface area contributed by atoms with Gasteiger partial charge in [0.1, 0.15) is 5.82 Å². The number of nitrogens with two attached hydrogens (primary N) is 1. The van der Waals surface area contributed by atoms with Crippen LogP contribution in [0.2, 0.25) is 0 Å². The Labute approximate surface area is 109 Å². The first-order chi connectivity index (χ1) is 8.53. The summed E-state index contributed by atoms with van der Waals surface area (Å²) >= 11 is 0. The lowest BCUT2D eigenvalue weighted by Crippen LogP contribution is -2.18. The van der Waals surface area contributed by atoms with Crippen LogP contribution in [0, 0.1) is 5.41 Å². The summed E-state index contributed by atoms with van der Waals surface area (Å²) in [4.78, 5) is 4.71. The standard InChI is InChI=1S/C15H23N3/c1-15(2,10-11-16)9-8-14-17-12-6-4-5-7-13(12)18(14)3/h4-7H,8-11,16H2,1-3H3. The van der Waals surface area contributed by atoms with Crippen LogP contribution in [0.15, 0.2) is 24.3 Å². The SMILES string of the molecule is Cn1c(CCC(C)(C)CCN)nc2ccccc21. The minimum Gasteiger partial charge on any atom is -0.331 e. The van der Waals surface area contributed by atoms with Crippen LogP contribution < -0.4 is 5.73 Å². The van der Waals surface area contributed by atoms with Gasteiger partial charge < -0.3 is 10.3 Å². The van der Waals surface area contributed by atoms with Crippen molar-refractivity contribution in [1.82, 2.24) is 9.55 Å². The second-order valence-corrected chi connectivity index (χ2v) is 5.78. The fraction of sp³-hybridized carbons (Fsp3) is 0.533. The van der Waals surface area contributed by atoms with E-state index in [4.69, 9.17) is 10.7 Å². The number of hydrogen-bond donors (Lipinski definition) is 1. The summed E-state index contributed by atoms with van der Waals surface area (Å²) < 4.78 is 2.20. The zero-order chi connectivity index (χ0) is 13.2. The van der Waals surface area contributed by atoms with Gasteiger partial charge in [0, 0.05) is 13.5 Å². The van der Waals surface area contributed by atoms with Gasteiger partial charge in [0.15, 0.2) is 0 Å². The van der Waals surface area contributed by atoms with Crippen LogP contribution in [0.1, 0.15) is 32.5 Å². The highest BCUT2D eigenvalue weighted by atomic mass is 15.1. The Morgan fingerprint density at radius 2 is 1.94 bits per heavy atom. The average Bonchev–Trinajstić information content (AvgIpc) is 2.65. The third-order valence-electron chi connectivity index (χ3n) is 3.73. The van der Waals surface area contributed by atoms with Crippen molar-refractivity contribution < 1.29 is 0 Å². The fourth-order valence-electron chi connectivity index (χ4n) is 2.38. The van der Waals surface area contributed by atoms with Gasteiger partial charge in [-0.15, -0.1) is 0 Å². The Morgan fingerprint density at radius 1 is 1.22 bits per heavy atom. The smallest absolute Gasteiger partial charge is 0.109 e. The maximum atomic E-state index is 5.65. The molecule has 0 radical (unpaired) electrons. The molecule has 3 nitrogen and oxygen atoms in total. The number of para-hydroxylation sites is 2. The molecule has 0 amide bonds. The van der Waals surface area contributed by atoms with Crippen LogP contribution in [0.3, 0.4) is 0 Å². The van der Waals surface area contributed by atoms with Crippen molar-refractivity contribution in [3.63, 3.8) is 0 Å². The quantitative estimate of drug-likeness (QED) is 0.880.